The molecule has 6 nitrogen and oxygen atoms in total. The van der Waals surface area contributed by atoms with Crippen LogP contribution in [0.5, 0.6) is 11.5 Å². The monoisotopic (exact) mass is 523 g/mol. The fraction of sp³-hybridized carbons (Fsp3) is 0.360. The zero-order valence-electron chi connectivity index (χ0n) is 19.6. The fourth-order valence-corrected chi connectivity index (χ4v) is 4.10. The molecule has 0 aliphatic heterocycles. The van der Waals surface area contributed by atoms with E-state index in [-0.39, 0.29) is 17.6 Å². The number of ether oxygens (including phenoxy) is 2. The second kappa shape index (κ2) is 11.8. The number of amides is 1. The molecule has 3 aromatic rings. The maximum absolute atomic E-state index is 13.6. The van der Waals surface area contributed by atoms with Crippen LogP contribution in [0.15, 0.2) is 42.5 Å². The van der Waals surface area contributed by atoms with Crippen LogP contribution in [0.25, 0.3) is 0 Å². The molecule has 2 aromatic carbocycles. The van der Waals surface area contributed by atoms with E-state index in [9.17, 15) is 4.79 Å². The first-order chi connectivity index (χ1) is 16.2. The summed E-state index contributed by atoms with van der Waals surface area (Å²) in [4.78, 5) is 19.8. The third kappa shape index (κ3) is 6.17. The molecule has 0 aliphatic carbocycles. The van der Waals surface area contributed by atoms with Gasteiger partial charge in [-0.1, -0.05) is 66.8 Å². The Morgan fingerprint density at radius 2 is 1.82 bits per heavy atom. The Kier molecular flexibility index (Phi) is 9.11. The maximum Gasteiger partial charge on any atom is 0.258 e. The van der Waals surface area contributed by atoms with E-state index in [1.165, 1.54) is 7.11 Å². The van der Waals surface area contributed by atoms with E-state index in [2.05, 4.69) is 18.8 Å². The molecule has 34 heavy (non-hydrogen) atoms. The third-order valence-corrected chi connectivity index (χ3v) is 6.58. The lowest BCUT2D eigenvalue weighted by Crippen LogP contribution is -2.33. The summed E-state index contributed by atoms with van der Waals surface area (Å²) in [5.41, 5.74) is 1.31. The molecule has 0 saturated heterocycles. The van der Waals surface area contributed by atoms with Gasteiger partial charge in [-0.2, -0.15) is 0 Å². The minimum absolute atomic E-state index is 0.181. The fourth-order valence-electron chi connectivity index (χ4n) is 3.51. The van der Waals surface area contributed by atoms with Crippen molar-refractivity contribution in [3.63, 3.8) is 0 Å². The van der Waals surface area contributed by atoms with Crippen LogP contribution in [0.2, 0.25) is 15.3 Å². The molecule has 0 aliphatic rings. The van der Waals surface area contributed by atoms with E-state index in [4.69, 9.17) is 44.3 Å². The molecule has 0 unspecified atom stereocenters. The molecule has 0 bridgehead atoms. The molecule has 0 N–H and O–H groups in total. The van der Waals surface area contributed by atoms with Crippen molar-refractivity contribution in [2.24, 2.45) is 5.92 Å². The quantitative estimate of drug-likeness (QED) is 0.300. The van der Waals surface area contributed by atoms with Gasteiger partial charge < -0.3 is 18.9 Å². The largest absolute Gasteiger partial charge is 0.497 e. The van der Waals surface area contributed by atoms with Crippen molar-refractivity contribution >= 4 is 40.7 Å². The first kappa shape index (κ1) is 26.2. The molecule has 0 fully saturated rings. The number of benzene rings is 2. The van der Waals surface area contributed by atoms with Crippen LogP contribution < -0.4 is 9.47 Å². The zero-order valence-corrected chi connectivity index (χ0v) is 21.9. The maximum atomic E-state index is 13.6. The number of methoxy groups -OCH3 is 2. The van der Waals surface area contributed by atoms with Crippen LogP contribution in [-0.4, -0.2) is 41.1 Å². The van der Waals surface area contributed by atoms with Gasteiger partial charge in [-0.25, -0.2) is 4.98 Å². The van der Waals surface area contributed by atoms with Gasteiger partial charge in [-0.15, -0.1) is 0 Å². The summed E-state index contributed by atoms with van der Waals surface area (Å²) >= 11 is 19.2. The molecule has 0 atom stereocenters. The second-order valence-corrected chi connectivity index (χ2v) is 9.39. The van der Waals surface area contributed by atoms with Gasteiger partial charge >= 0.3 is 0 Å². The summed E-state index contributed by atoms with van der Waals surface area (Å²) < 4.78 is 12.5. The van der Waals surface area contributed by atoms with Crippen molar-refractivity contribution in [3.05, 3.63) is 74.7 Å². The molecule has 0 spiro atoms. The highest BCUT2D eigenvalue weighted by Crippen LogP contribution is 2.29. The SMILES string of the molecule is COc1ccc(C(=O)N(CCC(C)C)Cc2nc(Cl)c(Cl)n2Cc2ccccc2Cl)c(OC)c1. The highest BCUT2D eigenvalue weighted by molar-refractivity contribution is 6.40. The Bertz CT molecular complexity index is 1150. The number of hydrogen-bond donors (Lipinski definition) is 0. The van der Waals surface area contributed by atoms with E-state index in [0.717, 1.165) is 12.0 Å². The number of carbonyl (C=O) groups is 1. The Morgan fingerprint density at radius 3 is 2.47 bits per heavy atom. The Hall–Kier alpha value is -2.41. The first-order valence-corrected chi connectivity index (χ1v) is 12.0. The van der Waals surface area contributed by atoms with Crippen molar-refractivity contribution in [3.8, 4) is 11.5 Å². The van der Waals surface area contributed by atoms with Gasteiger partial charge in [0.15, 0.2) is 5.15 Å². The van der Waals surface area contributed by atoms with Gasteiger partial charge in [0.1, 0.15) is 22.5 Å². The minimum Gasteiger partial charge on any atom is -0.497 e. The van der Waals surface area contributed by atoms with Crippen molar-refractivity contribution in [1.29, 1.82) is 0 Å². The van der Waals surface area contributed by atoms with Crippen molar-refractivity contribution in [2.75, 3.05) is 20.8 Å². The highest BCUT2D eigenvalue weighted by atomic mass is 35.5. The first-order valence-electron chi connectivity index (χ1n) is 10.9. The number of rotatable bonds is 10. The summed E-state index contributed by atoms with van der Waals surface area (Å²) in [6.45, 7) is 5.36. The average Bonchev–Trinajstić information content (AvgIpc) is 3.09. The lowest BCUT2D eigenvalue weighted by Gasteiger charge is -2.25. The van der Waals surface area contributed by atoms with Crippen molar-refractivity contribution < 1.29 is 14.3 Å². The third-order valence-electron chi connectivity index (χ3n) is 5.47. The second-order valence-electron chi connectivity index (χ2n) is 8.26. The standard InChI is InChI=1S/C25H28Cl3N3O3/c1-16(2)11-12-30(25(32)19-10-9-18(33-3)13-21(19)34-4)15-22-29-23(27)24(28)31(22)14-17-7-5-6-8-20(17)26/h5-10,13,16H,11-12,14-15H2,1-4H3. The lowest BCUT2D eigenvalue weighted by molar-refractivity contribution is 0.0726. The lowest BCUT2D eigenvalue weighted by atomic mass is 10.1. The van der Waals surface area contributed by atoms with Gasteiger partial charge in [0.05, 0.1) is 32.9 Å². The molecule has 0 saturated carbocycles. The van der Waals surface area contributed by atoms with E-state index < -0.39 is 0 Å². The average molecular weight is 525 g/mol. The molecular formula is C25H28Cl3N3O3. The van der Waals surface area contributed by atoms with Crippen LogP contribution in [0.1, 0.15) is 42.0 Å². The van der Waals surface area contributed by atoms with Gasteiger partial charge in [-0.05, 0) is 36.1 Å². The number of carbonyl (C=O) groups excluding carboxylic acids is 1. The summed E-state index contributed by atoms with van der Waals surface area (Å²) in [6, 6.07) is 12.6. The predicted molar refractivity (Wildman–Crippen MR) is 137 cm³/mol. The minimum atomic E-state index is -0.181. The molecule has 1 amide bonds. The molecule has 3 rings (SSSR count). The van der Waals surface area contributed by atoms with Crippen LogP contribution in [0.4, 0.5) is 0 Å². The molecular weight excluding hydrogens is 497 g/mol. The Balaban J connectivity index is 1.96. The summed E-state index contributed by atoms with van der Waals surface area (Å²) in [5, 5.41) is 1.10. The number of imidazole rings is 1. The summed E-state index contributed by atoms with van der Waals surface area (Å²) in [7, 11) is 3.09. The normalized spacial score (nSPS) is 11.1. The van der Waals surface area contributed by atoms with E-state index in [0.29, 0.717) is 52.1 Å². The molecule has 1 aromatic heterocycles. The summed E-state index contributed by atoms with van der Waals surface area (Å²) in [6.07, 6.45) is 0.816. The Labute approximate surface area is 215 Å². The topological polar surface area (TPSA) is 56.6 Å². The van der Waals surface area contributed by atoms with Crippen molar-refractivity contribution in [2.45, 2.75) is 33.4 Å². The van der Waals surface area contributed by atoms with Crippen LogP contribution in [-0.2, 0) is 13.1 Å². The van der Waals surface area contributed by atoms with Crippen LogP contribution >= 0.6 is 34.8 Å². The van der Waals surface area contributed by atoms with Crippen LogP contribution in [0, 0.1) is 5.92 Å². The molecule has 0 radical (unpaired) electrons. The molecule has 9 heteroatoms. The number of hydrogen-bond acceptors (Lipinski definition) is 4. The van der Waals surface area contributed by atoms with Crippen LogP contribution in [0.3, 0.4) is 0 Å². The summed E-state index contributed by atoms with van der Waals surface area (Å²) in [5.74, 6) is 1.84. The van der Waals surface area contributed by atoms with E-state index in [1.807, 2.05) is 24.3 Å². The van der Waals surface area contributed by atoms with Gasteiger partial charge in [0.25, 0.3) is 5.91 Å². The zero-order chi connectivity index (χ0) is 24.8. The number of nitrogens with zero attached hydrogens (tertiary/aromatic N) is 3. The van der Waals surface area contributed by atoms with Gasteiger partial charge in [0, 0.05) is 17.6 Å². The van der Waals surface area contributed by atoms with E-state index >= 15 is 0 Å². The smallest absolute Gasteiger partial charge is 0.258 e. The van der Waals surface area contributed by atoms with Gasteiger partial charge in [-0.3, -0.25) is 4.79 Å². The van der Waals surface area contributed by atoms with E-state index in [1.54, 1.807) is 34.8 Å². The predicted octanol–water partition coefficient (Wildman–Crippen LogP) is 6.60. The highest BCUT2D eigenvalue weighted by Gasteiger charge is 2.24. The molecule has 1 heterocycles. The Morgan fingerprint density at radius 1 is 1.09 bits per heavy atom. The van der Waals surface area contributed by atoms with Gasteiger partial charge in [0.2, 0.25) is 0 Å². The molecule has 182 valence electrons. The number of halogens is 3. The van der Waals surface area contributed by atoms with Crippen molar-refractivity contribution in [1.82, 2.24) is 14.5 Å². The number of aromatic nitrogens is 2.